The smallest absolute Gasteiger partial charge is 0.328 e. The van der Waals surface area contributed by atoms with Gasteiger partial charge in [-0.15, -0.1) is 0 Å². The Kier molecular flexibility index (Phi) is 13.3. The minimum absolute atomic E-state index is 0.0934. The molecule has 0 saturated carbocycles. The van der Waals surface area contributed by atoms with Gasteiger partial charge in [-0.2, -0.15) is 0 Å². The summed E-state index contributed by atoms with van der Waals surface area (Å²) in [6, 6.07) is 27.4. The summed E-state index contributed by atoms with van der Waals surface area (Å²) in [6.07, 6.45) is 5.02. The van der Waals surface area contributed by atoms with Gasteiger partial charge in [0.1, 0.15) is 23.6 Å². The van der Waals surface area contributed by atoms with E-state index in [0.29, 0.717) is 36.0 Å². The lowest BCUT2D eigenvalue weighted by molar-refractivity contribution is -0.146. The summed E-state index contributed by atoms with van der Waals surface area (Å²) < 4.78 is 18.0. The number of aromatic nitrogens is 1. The van der Waals surface area contributed by atoms with Gasteiger partial charge in [-0.1, -0.05) is 78.7 Å². The highest BCUT2D eigenvalue weighted by molar-refractivity contribution is 6.42. The molecule has 0 fully saturated rings. The van der Waals surface area contributed by atoms with Crippen LogP contribution in [-0.4, -0.2) is 53.6 Å². The molecule has 7 rings (SSSR count). The van der Waals surface area contributed by atoms with Crippen LogP contribution in [0, 0.1) is 13.8 Å². The molecule has 308 valence electrons. The van der Waals surface area contributed by atoms with Gasteiger partial charge in [-0.05, 0) is 146 Å². The van der Waals surface area contributed by atoms with Gasteiger partial charge in [-0.3, -0.25) is 14.7 Å². The molecule has 2 aliphatic rings. The zero-order chi connectivity index (χ0) is 41.8. The Morgan fingerprint density at radius 3 is 2.37 bits per heavy atom. The molecule has 5 aromatic rings. The second kappa shape index (κ2) is 18.6. The van der Waals surface area contributed by atoms with Crippen LogP contribution >= 0.6 is 23.2 Å². The van der Waals surface area contributed by atoms with Crippen LogP contribution in [0.3, 0.4) is 0 Å². The molecule has 0 bridgehead atoms. The second-order valence-corrected chi connectivity index (χ2v) is 16.9. The van der Waals surface area contributed by atoms with Crippen LogP contribution in [-0.2, 0) is 40.1 Å². The van der Waals surface area contributed by atoms with Crippen LogP contribution in [0.25, 0.3) is 11.1 Å². The average molecular weight is 835 g/mol. The van der Waals surface area contributed by atoms with Crippen molar-refractivity contribution in [3.05, 3.63) is 146 Å². The Balaban J connectivity index is 1.04. The minimum atomic E-state index is -0.831. The van der Waals surface area contributed by atoms with Crippen molar-refractivity contribution in [2.45, 2.75) is 103 Å². The molecule has 4 atom stereocenters. The van der Waals surface area contributed by atoms with E-state index in [0.717, 1.165) is 69.8 Å². The number of carbonyl (C=O) groups excluding carboxylic acids is 2. The highest BCUT2D eigenvalue weighted by Gasteiger charge is 2.36. The first kappa shape index (κ1) is 42.2. The fraction of sp³-hybridized carbons (Fsp3) is 0.367. The fourth-order valence-corrected chi connectivity index (χ4v) is 8.73. The third-order valence-corrected chi connectivity index (χ3v) is 12.7. The SMILES string of the molecule is CC[C@@H](Oc1ccc([C@@H]2CCOc3cc4c(cc3C2)CN(C(C)C)[C@H](C(=O)N[C@@H](Cc2ccc(-c3ccnc(C)c3C)cc2)C(=O)OC)C4)cc1)c1ccc(Cl)c(Cl)c1. The highest BCUT2D eigenvalue weighted by Crippen LogP contribution is 2.38. The first-order valence-electron chi connectivity index (χ1n) is 20.6. The highest BCUT2D eigenvalue weighted by atomic mass is 35.5. The van der Waals surface area contributed by atoms with Gasteiger partial charge < -0.3 is 19.5 Å². The number of ether oxygens (including phenoxy) is 3. The zero-order valence-electron chi connectivity index (χ0n) is 34.7. The van der Waals surface area contributed by atoms with Crippen molar-refractivity contribution in [1.82, 2.24) is 15.2 Å². The lowest BCUT2D eigenvalue weighted by Crippen LogP contribution is -2.56. The number of aryl methyl sites for hydroxylation is 1. The van der Waals surface area contributed by atoms with Crippen molar-refractivity contribution < 1.29 is 23.8 Å². The Labute approximate surface area is 358 Å². The molecular weight excluding hydrogens is 781 g/mol. The summed E-state index contributed by atoms with van der Waals surface area (Å²) in [5, 5.41) is 4.12. The maximum Gasteiger partial charge on any atom is 0.328 e. The number of hydrogen-bond donors (Lipinski definition) is 1. The van der Waals surface area contributed by atoms with E-state index in [4.69, 9.17) is 37.4 Å². The number of hydrogen-bond acceptors (Lipinski definition) is 7. The van der Waals surface area contributed by atoms with Gasteiger partial charge in [-0.25, -0.2) is 4.79 Å². The molecule has 59 heavy (non-hydrogen) atoms. The quantitative estimate of drug-likeness (QED) is 0.125. The molecule has 0 unspecified atom stereocenters. The van der Waals surface area contributed by atoms with Crippen molar-refractivity contribution in [3.8, 4) is 22.6 Å². The van der Waals surface area contributed by atoms with Crippen molar-refractivity contribution in [1.29, 1.82) is 0 Å². The number of halogens is 2. The van der Waals surface area contributed by atoms with E-state index in [9.17, 15) is 9.59 Å². The Morgan fingerprint density at radius 2 is 1.68 bits per heavy atom. The predicted molar refractivity (Wildman–Crippen MR) is 235 cm³/mol. The molecular formula is C49H53Cl2N3O5. The topological polar surface area (TPSA) is 90.0 Å². The molecule has 2 aliphatic heterocycles. The van der Waals surface area contributed by atoms with Gasteiger partial charge in [0.05, 0.1) is 29.8 Å². The molecule has 0 radical (unpaired) electrons. The number of benzene rings is 4. The number of methoxy groups -OCH3 is 1. The fourth-order valence-electron chi connectivity index (χ4n) is 8.43. The summed E-state index contributed by atoms with van der Waals surface area (Å²) in [5.74, 6) is 1.30. The molecule has 4 aromatic carbocycles. The molecule has 1 amide bonds. The predicted octanol–water partition coefficient (Wildman–Crippen LogP) is 10.3. The van der Waals surface area contributed by atoms with Crippen molar-refractivity contribution in [2.24, 2.45) is 0 Å². The van der Waals surface area contributed by atoms with Crippen LogP contribution in [0.2, 0.25) is 10.0 Å². The molecule has 0 aliphatic carbocycles. The molecule has 1 aromatic heterocycles. The van der Waals surface area contributed by atoms with E-state index < -0.39 is 18.1 Å². The lowest BCUT2D eigenvalue weighted by Gasteiger charge is -2.39. The maximum absolute atomic E-state index is 14.2. The van der Waals surface area contributed by atoms with Crippen molar-refractivity contribution in [3.63, 3.8) is 0 Å². The van der Waals surface area contributed by atoms with E-state index in [1.165, 1.54) is 23.8 Å². The number of carbonyl (C=O) groups is 2. The van der Waals surface area contributed by atoms with E-state index in [2.05, 4.69) is 67.2 Å². The molecule has 1 N–H and O–H groups in total. The first-order chi connectivity index (χ1) is 28.4. The van der Waals surface area contributed by atoms with Gasteiger partial charge in [0, 0.05) is 30.9 Å². The number of rotatable bonds is 12. The third-order valence-electron chi connectivity index (χ3n) is 12.0. The molecule has 0 saturated heterocycles. The minimum Gasteiger partial charge on any atom is -0.493 e. The van der Waals surface area contributed by atoms with E-state index in [1.54, 1.807) is 0 Å². The van der Waals surface area contributed by atoms with Crippen LogP contribution in [0.5, 0.6) is 11.5 Å². The molecule has 8 nitrogen and oxygen atoms in total. The molecule has 0 spiro atoms. The van der Waals surface area contributed by atoms with Crippen LogP contribution in [0.4, 0.5) is 0 Å². The van der Waals surface area contributed by atoms with Gasteiger partial charge in [0.15, 0.2) is 0 Å². The van der Waals surface area contributed by atoms with Gasteiger partial charge in [0.25, 0.3) is 0 Å². The van der Waals surface area contributed by atoms with Gasteiger partial charge >= 0.3 is 5.97 Å². The third kappa shape index (κ3) is 9.62. The maximum atomic E-state index is 14.2. The van der Waals surface area contributed by atoms with E-state index >= 15 is 0 Å². The largest absolute Gasteiger partial charge is 0.493 e. The van der Waals surface area contributed by atoms with Crippen LogP contribution in [0.15, 0.2) is 91.1 Å². The summed E-state index contributed by atoms with van der Waals surface area (Å²) >= 11 is 12.4. The Hall–Kier alpha value is -4.89. The Bertz CT molecular complexity index is 2300. The normalized spacial score (nSPS) is 17.5. The van der Waals surface area contributed by atoms with Gasteiger partial charge in [0.2, 0.25) is 5.91 Å². The van der Waals surface area contributed by atoms with Crippen molar-refractivity contribution in [2.75, 3.05) is 13.7 Å². The number of nitrogens with zero attached hydrogens (tertiary/aromatic N) is 2. The molecule has 10 heteroatoms. The zero-order valence-corrected chi connectivity index (χ0v) is 36.2. The summed E-state index contributed by atoms with van der Waals surface area (Å²) in [6.45, 7) is 11.6. The van der Waals surface area contributed by atoms with E-state index in [-0.39, 0.29) is 24.0 Å². The average Bonchev–Trinajstić information content (AvgIpc) is 3.45. The number of amides is 1. The number of nitrogens with one attached hydrogen (secondary N) is 1. The van der Waals surface area contributed by atoms with Crippen LogP contribution < -0.4 is 14.8 Å². The first-order valence-corrected chi connectivity index (χ1v) is 21.3. The summed E-state index contributed by atoms with van der Waals surface area (Å²) in [7, 11) is 1.36. The van der Waals surface area contributed by atoms with Crippen molar-refractivity contribution >= 4 is 35.1 Å². The molecule has 3 heterocycles. The van der Waals surface area contributed by atoms with E-state index in [1.807, 2.05) is 73.8 Å². The number of pyridine rings is 1. The van der Waals surface area contributed by atoms with Crippen LogP contribution in [0.1, 0.15) is 90.3 Å². The monoisotopic (exact) mass is 833 g/mol. The summed E-state index contributed by atoms with van der Waals surface area (Å²) in [5.41, 5.74) is 10.9. The Morgan fingerprint density at radius 1 is 0.915 bits per heavy atom. The summed E-state index contributed by atoms with van der Waals surface area (Å²) in [4.78, 5) is 33.9. The number of fused-ring (bicyclic) bond motifs is 2. The second-order valence-electron chi connectivity index (χ2n) is 16.1. The lowest BCUT2D eigenvalue weighted by atomic mass is 9.86. The standard InChI is InChI=1S/C49H53Cl2N3O5/c1-7-46(36-14-17-42(50)43(51)25-36)59-40-15-12-33(13-16-40)35-19-21-58-47-27-37-26-45(54(29(2)3)28-39(37)24-38(47)23-35)48(55)53-44(49(56)57-6)22-32-8-10-34(11-9-32)41-18-20-52-31(5)30(41)4/h8-18,20,24-25,27,29,35,44-46H,7,19,21-23,26,28H2,1-6H3,(H,53,55)/t35-,44+,45+,46-/m1/s1. The number of esters is 1.